The van der Waals surface area contributed by atoms with Gasteiger partial charge in [0.2, 0.25) is 0 Å². The van der Waals surface area contributed by atoms with Gasteiger partial charge in [-0.25, -0.2) is 9.97 Å². The number of nitrogen functional groups attached to an aromatic ring is 1. The molecule has 1 aromatic heterocycles. The Hall–Kier alpha value is -0.780. The van der Waals surface area contributed by atoms with Crippen molar-refractivity contribution in [3.63, 3.8) is 0 Å². The average Bonchev–Trinajstić information content (AvgIpc) is 2.20. The predicted molar refractivity (Wildman–Crippen MR) is 69.7 cm³/mol. The maximum Gasteiger partial charge on any atom is 0.195 e. The highest BCUT2D eigenvalue weighted by Crippen LogP contribution is 2.27. The van der Waals surface area contributed by atoms with Crippen LogP contribution in [-0.2, 0) is 0 Å². The molecular formula is C10H7BrClN3S. The lowest BCUT2D eigenvalue weighted by molar-refractivity contribution is 0.957. The van der Waals surface area contributed by atoms with E-state index in [4.69, 9.17) is 17.3 Å². The molecule has 0 amide bonds. The number of hydrogen-bond donors (Lipinski definition) is 1. The zero-order valence-corrected chi connectivity index (χ0v) is 11.2. The predicted octanol–water partition coefficient (Wildman–Crippen LogP) is 3.63. The number of anilines is 1. The van der Waals surface area contributed by atoms with E-state index in [2.05, 4.69) is 25.9 Å². The van der Waals surface area contributed by atoms with Gasteiger partial charge in [-0.05, 0) is 52.0 Å². The van der Waals surface area contributed by atoms with Gasteiger partial charge in [-0.1, -0.05) is 11.6 Å². The van der Waals surface area contributed by atoms with Crippen LogP contribution in [0.3, 0.4) is 0 Å². The third-order valence-electron chi connectivity index (χ3n) is 1.72. The Morgan fingerprint density at radius 2 is 1.88 bits per heavy atom. The summed E-state index contributed by atoms with van der Waals surface area (Å²) >= 11 is 10.5. The minimum absolute atomic E-state index is 0.443. The number of nitrogens with zero attached hydrogens (tertiary/aromatic N) is 2. The zero-order valence-electron chi connectivity index (χ0n) is 8.02. The van der Waals surface area contributed by atoms with Gasteiger partial charge in [0.1, 0.15) is 10.4 Å². The molecule has 0 spiro atoms. The van der Waals surface area contributed by atoms with Crippen molar-refractivity contribution in [1.82, 2.24) is 9.97 Å². The Bertz CT molecular complexity index is 484. The van der Waals surface area contributed by atoms with Crippen molar-refractivity contribution in [2.45, 2.75) is 10.1 Å². The standard InChI is InChI=1S/C10H7BrClN3S/c11-8-5-9(13)15-10(14-8)16-7-3-1-6(12)2-4-7/h1-5H,(H2,13,14,15). The lowest BCUT2D eigenvalue weighted by atomic mass is 10.4. The van der Waals surface area contributed by atoms with Crippen LogP contribution in [-0.4, -0.2) is 9.97 Å². The van der Waals surface area contributed by atoms with Crippen LogP contribution >= 0.6 is 39.3 Å². The van der Waals surface area contributed by atoms with Crippen LogP contribution in [0.1, 0.15) is 0 Å². The van der Waals surface area contributed by atoms with Gasteiger partial charge >= 0.3 is 0 Å². The van der Waals surface area contributed by atoms with Crippen molar-refractivity contribution in [1.29, 1.82) is 0 Å². The molecule has 2 rings (SSSR count). The number of rotatable bonds is 2. The first-order valence-electron chi connectivity index (χ1n) is 4.37. The van der Waals surface area contributed by atoms with E-state index in [1.807, 2.05) is 24.3 Å². The van der Waals surface area contributed by atoms with Gasteiger partial charge < -0.3 is 5.73 Å². The van der Waals surface area contributed by atoms with Crippen LogP contribution in [0.25, 0.3) is 0 Å². The van der Waals surface area contributed by atoms with E-state index >= 15 is 0 Å². The zero-order chi connectivity index (χ0) is 11.5. The molecule has 3 nitrogen and oxygen atoms in total. The minimum atomic E-state index is 0.443. The van der Waals surface area contributed by atoms with Gasteiger partial charge in [0.05, 0.1) is 0 Å². The first-order chi connectivity index (χ1) is 7.63. The molecule has 0 aliphatic heterocycles. The largest absolute Gasteiger partial charge is 0.384 e. The molecule has 1 heterocycles. The van der Waals surface area contributed by atoms with E-state index in [0.717, 1.165) is 4.90 Å². The molecule has 0 saturated carbocycles. The van der Waals surface area contributed by atoms with Crippen molar-refractivity contribution < 1.29 is 0 Å². The van der Waals surface area contributed by atoms with E-state index in [1.54, 1.807) is 6.07 Å². The van der Waals surface area contributed by atoms with Gasteiger partial charge in [-0.2, -0.15) is 0 Å². The second-order valence-corrected chi connectivity index (χ2v) is 5.24. The summed E-state index contributed by atoms with van der Waals surface area (Å²) < 4.78 is 0.677. The van der Waals surface area contributed by atoms with Crippen LogP contribution in [0, 0.1) is 0 Å². The second kappa shape index (κ2) is 5.03. The number of aromatic nitrogens is 2. The molecule has 0 bridgehead atoms. The SMILES string of the molecule is Nc1cc(Br)nc(Sc2ccc(Cl)cc2)n1. The fraction of sp³-hybridized carbons (Fsp3) is 0. The maximum absolute atomic E-state index is 5.80. The van der Waals surface area contributed by atoms with Gasteiger partial charge in [0.25, 0.3) is 0 Å². The molecule has 0 aliphatic carbocycles. The fourth-order valence-corrected chi connectivity index (χ4v) is 2.49. The van der Waals surface area contributed by atoms with Gasteiger partial charge in [-0.3, -0.25) is 0 Å². The Morgan fingerprint density at radius 3 is 2.50 bits per heavy atom. The molecule has 0 unspecified atom stereocenters. The van der Waals surface area contributed by atoms with Crippen LogP contribution in [0.2, 0.25) is 5.02 Å². The molecule has 6 heteroatoms. The molecule has 0 radical (unpaired) electrons. The van der Waals surface area contributed by atoms with Crippen LogP contribution in [0.15, 0.2) is 45.0 Å². The first kappa shape index (κ1) is 11.7. The minimum Gasteiger partial charge on any atom is -0.384 e. The van der Waals surface area contributed by atoms with Crippen LogP contribution in [0.5, 0.6) is 0 Å². The van der Waals surface area contributed by atoms with E-state index in [1.165, 1.54) is 11.8 Å². The van der Waals surface area contributed by atoms with Crippen molar-refractivity contribution in [3.05, 3.63) is 40.0 Å². The monoisotopic (exact) mass is 315 g/mol. The normalized spacial score (nSPS) is 10.4. The molecular weight excluding hydrogens is 310 g/mol. The molecule has 0 fully saturated rings. The highest BCUT2D eigenvalue weighted by atomic mass is 79.9. The number of hydrogen-bond acceptors (Lipinski definition) is 4. The Balaban J connectivity index is 2.23. The smallest absolute Gasteiger partial charge is 0.195 e. The summed E-state index contributed by atoms with van der Waals surface area (Å²) in [6.45, 7) is 0. The topological polar surface area (TPSA) is 51.8 Å². The number of benzene rings is 1. The van der Waals surface area contributed by atoms with E-state index in [-0.39, 0.29) is 0 Å². The summed E-state index contributed by atoms with van der Waals surface area (Å²) in [5.74, 6) is 0.443. The number of halogens is 2. The highest BCUT2D eigenvalue weighted by molar-refractivity contribution is 9.10. The van der Waals surface area contributed by atoms with Crippen molar-refractivity contribution in [3.8, 4) is 0 Å². The second-order valence-electron chi connectivity index (χ2n) is 2.95. The van der Waals surface area contributed by atoms with E-state index < -0.39 is 0 Å². The lowest BCUT2D eigenvalue weighted by Crippen LogP contribution is -1.94. The van der Waals surface area contributed by atoms with Crippen molar-refractivity contribution in [2.24, 2.45) is 0 Å². The summed E-state index contributed by atoms with van der Waals surface area (Å²) in [5.41, 5.74) is 5.62. The molecule has 1 aromatic carbocycles. The highest BCUT2D eigenvalue weighted by Gasteiger charge is 2.03. The van der Waals surface area contributed by atoms with Crippen LogP contribution < -0.4 is 5.73 Å². The average molecular weight is 317 g/mol. The third kappa shape index (κ3) is 3.10. The lowest BCUT2D eigenvalue weighted by Gasteiger charge is -2.02. The van der Waals surface area contributed by atoms with E-state index in [9.17, 15) is 0 Å². The molecule has 2 aromatic rings. The molecule has 0 aliphatic rings. The summed E-state index contributed by atoms with van der Waals surface area (Å²) in [5, 5.41) is 1.31. The van der Waals surface area contributed by atoms with Crippen molar-refractivity contribution >= 4 is 45.1 Å². The van der Waals surface area contributed by atoms with Crippen molar-refractivity contribution in [2.75, 3.05) is 5.73 Å². The van der Waals surface area contributed by atoms with Gasteiger partial charge in [0, 0.05) is 16.0 Å². The molecule has 16 heavy (non-hydrogen) atoms. The number of nitrogens with two attached hydrogens (primary N) is 1. The van der Waals surface area contributed by atoms with E-state index in [0.29, 0.717) is 20.6 Å². The summed E-state index contributed by atoms with van der Waals surface area (Å²) in [6, 6.07) is 9.13. The molecule has 0 atom stereocenters. The Morgan fingerprint density at radius 1 is 1.19 bits per heavy atom. The Labute approximate surface area is 111 Å². The summed E-state index contributed by atoms with van der Waals surface area (Å²) in [7, 11) is 0. The van der Waals surface area contributed by atoms with Gasteiger partial charge in [-0.15, -0.1) is 0 Å². The first-order valence-corrected chi connectivity index (χ1v) is 6.36. The molecule has 2 N–H and O–H groups in total. The Kier molecular flexibility index (Phi) is 3.68. The van der Waals surface area contributed by atoms with Crippen LogP contribution in [0.4, 0.5) is 5.82 Å². The van der Waals surface area contributed by atoms with Gasteiger partial charge in [0.15, 0.2) is 5.16 Å². The fourth-order valence-electron chi connectivity index (χ4n) is 1.07. The summed E-state index contributed by atoms with van der Waals surface area (Å²) in [4.78, 5) is 9.34. The quantitative estimate of drug-likeness (QED) is 0.679. The maximum atomic E-state index is 5.80. The molecule has 0 saturated heterocycles. The molecule has 82 valence electrons. The third-order valence-corrected chi connectivity index (χ3v) is 3.25. The summed E-state index contributed by atoms with van der Waals surface area (Å²) in [6.07, 6.45) is 0.